The molecule has 1 unspecified atom stereocenters. The second-order valence-electron chi connectivity index (χ2n) is 7.74. The van der Waals surface area contributed by atoms with E-state index in [2.05, 4.69) is 15.7 Å². The molecule has 1 aromatic heterocycles. The minimum atomic E-state index is -0.538. The van der Waals surface area contributed by atoms with Gasteiger partial charge in [-0.05, 0) is 50.5 Å². The van der Waals surface area contributed by atoms with Crippen LogP contribution >= 0.6 is 0 Å². The molecule has 2 N–H and O–H groups in total. The molecule has 0 spiro atoms. The van der Waals surface area contributed by atoms with Crippen molar-refractivity contribution < 1.29 is 14.3 Å². The van der Waals surface area contributed by atoms with Crippen molar-refractivity contribution >= 4 is 17.6 Å². The average Bonchev–Trinajstić information content (AvgIpc) is 3.23. The van der Waals surface area contributed by atoms with E-state index in [4.69, 9.17) is 4.74 Å². The first kappa shape index (κ1) is 20.9. The summed E-state index contributed by atoms with van der Waals surface area (Å²) in [5.41, 5.74) is 2.62. The van der Waals surface area contributed by atoms with Crippen molar-refractivity contribution in [2.45, 2.75) is 32.2 Å². The molecule has 0 saturated carbocycles. The highest BCUT2D eigenvalue weighted by molar-refractivity contribution is 5.93. The highest BCUT2D eigenvalue weighted by atomic mass is 16.5. The smallest absolute Gasteiger partial charge is 0.319 e. The lowest BCUT2D eigenvalue weighted by Crippen LogP contribution is -2.53. The Balaban J connectivity index is 1.70. The summed E-state index contributed by atoms with van der Waals surface area (Å²) >= 11 is 0. The average molecular weight is 399 g/mol. The Labute approximate surface area is 171 Å². The number of hydrogen-bond donors (Lipinski definition) is 2. The summed E-state index contributed by atoms with van der Waals surface area (Å²) in [6.45, 7) is 5.36. The molecule has 1 saturated heterocycles. The summed E-state index contributed by atoms with van der Waals surface area (Å²) in [5.74, 6) is -0.117. The Bertz CT molecular complexity index is 875. The summed E-state index contributed by atoms with van der Waals surface area (Å²) in [7, 11) is 3.45. The van der Waals surface area contributed by atoms with Gasteiger partial charge in [0, 0.05) is 45.2 Å². The summed E-state index contributed by atoms with van der Waals surface area (Å²) in [6.07, 6.45) is 1.28. The van der Waals surface area contributed by atoms with Crippen molar-refractivity contribution in [2.24, 2.45) is 7.05 Å². The molecule has 0 bridgehead atoms. The molecule has 1 fully saturated rings. The van der Waals surface area contributed by atoms with Crippen LogP contribution in [0.15, 0.2) is 30.3 Å². The molecule has 1 aliphatic heterocycles. The Morgan fingerprint density at radius 1 is 1.28 bits per heavy atom. The summed E-state index contributed by atoms with van der Waals surface area (Å²) < 4.78 is 6.94. The normalized spacial score (nSPS) is 18.7. The van der Waals surface area contributed by atoms with Crippen molar-refractivity contribution in [3.05, 3.63) is 47.3 Å². The zero-order valence-corrected chi connectivity index (χ0v) is 17.5. The zero-order valence-electron chi connectivity index (χ0n) is 17.5. The molecular formula is C21H29N5O3. The molecule has 3 amide bonds. The molecule has 1 aromatic carbocycles. The van der Waals surface area contributed by atoms with Crippen molar-refractivity contribution in [3.8, 4) is 0 Å². The topological polar surface area (TPSA) is 88.5 Å². The van der Waals surface area contributed by atoms with Gasteiger partial charge in [-0.25, -0.2) is 4.79 Å². The number of aryl methyl sites for hydroxylation is 3. The maximum atomic E-state index is 12.9. The second-order valence-corrected chi connectivity index (χ2v) is 7.74. The van der Waals surface area contributed by atoms with Crippen LogP contribution in [0.2, 0.25) is 0 Å². The number of nitrogens with zero attached hydrogens (tertiary/aromatic N) is 3. The minimum absolute atomic E-state index is 0.117. The maximum Gasteiger partial charge on any atom is 0.319 e. The fraction of sp³-hybridized carbons (Fsp3) is 0.476. The van der Waals surface area contributed by atoms with Gasteiger partial charge in [-0.2, -0.15) is 5.10 Å². The van der Waals surface area contributed by atoms with Gasteiger partial charge in [-0.1, -0.05) is 12.1 Å². The number of likely N-dealkylation sites (tertiary alicyclic amines) is 1. The molecule has 1 atom stereocenters. The molecule has 0 radical (unpaired) electrons. The third-order valence-corrected chi connectivity index (χ3v) is 5.41. The van der Waals surface area contributed by atoms with E-state index in [1.165, 1.54) is 0 Å². The summed E-state index contributed by atoms with van der Waals surface area (Å²) in [4.78, 5) is 27.3. The number of carbonyl (C=O) groups excluding carboxylic acids is 2. The van der Waals surface area contributed by atoms with Gasteiger partial charge in [-0.15, -0.1) is 0 Å². The van der Waals surface area contributed by atoms with Crippen molar-refractivity contribution in [3.63, 3.8) is 0 Å². The molecule has 3 rings (SSSR count). The standard InChI is InChI=1S/C21H29N5O3/c1-15-6-5-7-17(12-15)22-20(28)23-21(9-11-29-4)8-10-26(14-21)19(27)18-13-16(2)25(3)24-18/h5-7,12-13H,8-11,14H2,1-4H3,(H2,22,23,28). The van der Waals surface area contributed by atoms with Crippen LogP contribution in [0.5, 0.6) is 0 Å². The predicted molar refractivity (Wildman–Crippen MR) is 111 cm³/mol. The Morgan fingerprint density at radius 2 is 2.07 bits per heavy atom. The molecule has 0 aliphatic carbocycles. The van der Waals surface area contributed by atoms with Gasteiger partial charge in [0.25, 0.3) is 5.91 Å². The highest BCUT2D eigenvalue weighted by Crippen LogP contribution is 2.27. The van der Waals surface area contributed by atoms with Gasteiger partial charge in [0.1, 0.15) is 0 Å². The van der Waals surface area contributed by atoms with E-state index in [0.717, 1.165) is 16.9 Å². The SMILES string of the molecule is COCCC1(NC(=O)Nc2cccc(C)c2)CCN(C(=O)c2cc(C)n(C)n2)C1. The number of rotatable bonds is 6. The largest absolute Gasteiger partial charge is 0.385 e. The summed E-state index contributed by atoms with van der Waals surface area (Å²) in [5, 5.41) is 10.3. The van der Waals surface area contributed by atoms with Crippen LogP contribution in [0, 0.1) is 13.8 Å². The van der Waals surface area contributed by atoms with Crippen LogP contribution in [0.1, 0.15) is 34.6 Å². The van der Waals surface area contributed by atoms with Gasteiger partial charge in [0.05, 0.1) is 5.54 Å². The predicted octanol–water partition coefficient (Wildman–Crippen LogP) is 2.48. The van der Waals surface area contributed by atoms with Gasteiger partial charge in [0.2, 0.25) is 0 Å². The fourth-order valence-corrected chi connectivity index (χ4v) is 3.66. The van der Waals surface area contributed by atoms with Gasteiger partial charge in [0.15, 0.2) is 5.69 Å². The van der Waals surface area contributed by atoms with Crippen LogP contribution in [0.4, 0.5) is 10.5 Å². The van der Waals surface area contributed by atoms with E-state index in [1.807, 2.05) is 45.2 Å². The van der Waals surface area contributed by atoms with E-state index < -0.39 is 5.54 Å². The first-order chi connectivity index (χ1) is 13.8. The van der Waals surface area contributed by atoms with Gasteiger partial charge >= 0.3 is 6.03 Å². The van der Waals surface area contributed by atoms with E-state index in [-0.39, 0.29) is 11.9 Å². The molecule has 1 aliphatic rings. The fourth-order valence-electron chi connectivity index (χ4n) is 3.66. The summed E-state index contributed by atoms with van der Waals surface area (Å²) in [6, 6.07) is 9.14. The number of benzene rings is 1. The lowest BCUT2D eigenvalue weighted by atomic mass is 9.94. The molecule has 2 heterocycles. The van der Waals surface area contributed by atoms with Crippen molar-refractivity contribution in [2.75, 3.05) is 32.1 Å². The number of anilines is 1. The van der Waals surface area contributed by atoms with E-state index in [9.17, 15) is 9.59 Å². The number of hydrogen-bond acceptors (Lipinski definition) is 4. The van der Waals surface area contributed by atoms with Gasteiger partial charge < -0.3 is 20.3 Å². The highest BCUT2D eigenvalue weighted by Gasteiger charge is 2.41. The number of methoxy groups -OCH3 is 1. The number of nitrogens with one attached hydrogen (secondary N) is 2. The van der Waals surface area contributed by atoms with Crippen LogP contribution in [-0.2, 0) is 11.8 Å². The lowest BCUT2D eigenvalue weighted by molar-refractivity contribution is 0.0766. The molecule has 156 valence electrons. The second kappa shape index (κ2) is 8.65. The number of aromatic nitrogens is 2. The Morgan fingerprint density at radius 3 is 2.72 bits per heavy atom. The third kappa shape index (κ3) is 4.95. The quantitative estimate of drug-likeness (QED) is 0.781. The monoisotopic (exact) mass is 399 g/mol. The molecule has 8 nitrogen and oxygen atoms in total. The van der Waals surface area contributed by atoms with Crippen LogP contribution in [0.25, 0.3) is 0 Å². The van der Waals surface area contributed by atoms with E-state index >= 15 is 0 Å². The van der Waals surface area contributed by atoms with Crippen LogP contribution in [0.3, 0.4) is 0 Å². The Kier molecular flexibility index (Phi) is 6.22. The number of carbonyl (C=O) groups is 2. The van der Waals surface area contributed by atoms with Crippen molar-refractivity contribution in [1.29, 1.82) is 0 Å². The molecule has 29 heavy (non-hydrogen) atoms. The first-order valence-corrected chi connectivity index (χ1v) is 9.77. The Hall–Kier alpha value is -2.87. The van der Waals surface area contributed by atoms with Crippen molar-refractivity contribution in [1.82, 2.24) is 20.0 Å². The lowest BCUT2D eigenvalue weighted by Gasteiger charge is -2.30. The zero-order chi connectivity index (χ0) is 21.0. The number of amides is 3. The van der Waals surface area contributed by atoms with Gasteiger partial charge in [-0.3, -0.25) is 9.48 Å². The number of ether oxygens (including phenoxy) is 1. The van der Waals surface area contributed by atoms with E-state index in [0.29, 0.717) is 38.2 Å². The molecule has 2 aromatic rings. The first-order valence-electron chi connectivity index (χ1n) is 9.77. The van der Waals surface area contributed by atoms with E-state index in [1.54, 1.807) is 22.8 Å². The maximum absolute atomic E-state index is 12.9. The third-order valence-electron chi connectivity index (χ3n) is 5.41. The molecular weight excluding hydrogens is 370 g/mol. The molecule has 8 heteroatoms. The number of urea groups is 1. The van der Waals surface area contributed by atoms with Crippen LogP contribution in [-0.4, -0.2) is 59.0 Å². The van der Waals surface area contributed by atoms with Crippen LogP contribution < -0.4 is 10.6 Å². The minimum Gasteiger partial charge on any atom is -0.385 e.